The Kier molecular flexibility index (Phi) is 5.82. The van der Waals surface area contributed by atoms with Crippen molar-refractivity contribution in [2.75, 3.05) is 0 Å². The highest BCUT2D eigenvalue weighted by Crippen LogP contribution is 2.35. The fourth-order valence-electron chi connectivity index (χ4n) is 3.69. The highest BCUT2D eigenvalue weighted by molar-refractivity contribution is 5.65. The lowest BCUT2D eigenvalue weighted by Crippen LogP contribution is -2.13. The molecule has 1 saturated carbocycles. The standard InChI is InChI=1S/C22H25F3/c1-2-3-4-18-11-14-20(22(25)21(18)24)17-7-5-15(6-8-17)16-9-12-19(23)13-10-16/h5-8,11,14,16,19H,2-4,9-10,12-13H2,1H3. The zero-order valence-electron chi connectivity index (χ0n) is 14.7. The number of hydrogen-bond donors (Lipinski definition) is 0. The third-order valence-corrected chi connectivity index (χ3v) is 5.31. The second-order valence-corrected chi connectivity index (χ2v) is 7.07. The molecular weight excluding hydrogens is 321 g/mol. The predicted molar refractivity (Wildman–Crippen MR) is 96.5 cm³/mol. The van der Waals surface area contributed by atoms with E-state index in [4.69, 9.17) is 0 Å². The highest BCUT2D eigenvalue weighted by Gasteiger charge is 2.22. The SMILES string of the molecule is CCCCc1ccc(-c2ccc(C3CCC(F)CC3)cc2)c(F)c1F. The van der Waals surface area contributed by atoms with Crippen LogP contribution in [0, 0.1) is 11.6 Å². The number of unbranched alkanes of at least 4 members (excludes halogenated alkanes) is 1. The van der Waals surface area contributed by atoms with E-state index in [-0.39, 0.29) is 0 Å². The summed E-state index contributed by atoms with van der Waals surface area (Å²) in [5, 5.41) is 0. The smallest absolute Gasteiger partial charge is 0.166 e. The molecule has 0 heterocycles. The Morgan fingerprint density at radius 2 is 1.56 bits per heavy atom. The average molecular weight is 346 g/mol. The minimum Gasteiger partial charge on any atom is -0.247 e. The number of halogens is 3. The summed E-state index contributed by atoms with van der Waals surface area (Å²) in [6.07, 6.45) is 4.65. The topological polar surface area (TPSA) is 0 Å². The van der Waals surface area contributed by atoms with Crippen LogP contribution in [0.3, 0.4) is 0 Å². The first-order valence-corrected chi connectivity index (χ1v) is 9.31. The van der Waals surface area contributed by atoms with Gasteiger partial charge in [0.15, 0.2) is 11.6 Å². The van der Waals surface area contributed by atoms with E-state index in [1.54, 1.807) is 12.1 Å². The van der Waals surface area contributed by atoms with Gasteiger partial charge in [-0.1, -0.05) is 49.7 Å². The summed E-state index contributed by atoms with van der Waals surface area (Å²) in [5.74, 6) is -1.12. The van der Waals surface area contributed by atoms with Crippen LogP contribution in [-0.2, 0) is 6.42 Å². The molecule has 1 fully saturated rings. The van der Waals surface area contributed by atoms with Crippen molar-refractivity contribution in [3.8, 4) is 11.1 Å². The molecule has 2 aromatic rings. The Labute approximate surface area is 148 Å². The zero-order chi connectivity index (χ0) is 17.8. The van der Waals surface area contributed by atoms with Crippen molar-refractivity contribution in [1.82, 2.24) is 0 Å². The highest BCUT2D eigenvalue weighted by atomic mass is 19.2. The molecule has 3 heteroatoms. The molecule has 0 bridgehead atoms. The number of aryl methyl sites for hydroxylation is 1. The van der Waals surface area contributed by atoms with Crippen LogP contribution in [0.25, 0.3) is 11.1 Å². The van der Waals surface area contributed by atoms with Crippen LogP contribution in [-0.4, -0.2) is 6.17 Å². The van der Waals surface area contributed by atoms with Gasteiger partial charge in [-0.15, -0.1) is 0 Å². The van der Waals surface area contributed by atoms with Crippen molar-refractivity contribution in [3.63, 3.8) is 0 Å². The van der Waals surface area contributed by atoms with E-state index in [2.05, 4.69) is 0 Å². The monoisotopic (exact) mass is 346 g/mol. The van der Waals surface area contributed by atoms with E-state index >= 15 is 0 Å². The van der Waals surface area contributed by atoms with Gasteiger partial charge in [0.25, 0.3) is 0 Å². The largest absolute Gasteiger partial charge is 0.247 e. The van der Waals surface area contributed by atoms with Crippen LogP contribution < -0.4 is 0 Å². The first-order valence-electron chi connectivity index (χ1n) is 9.31. The molecule has 0 aliphatic heterocycles. The van der Waals surface area contributed by atoms with Crippen LogP contribution in [0.15, 0.2) is 36.4 Å². The molecule has 3 rings (SSSR count). The summed E-state index contributed by atoms with van der Waals surface area (Å²) in [5.41, 5.74) is 2.59. The lowest BCUT2D eigenvalue weighted by Gasteiger charge is -2.24. The molecule has 25 heavy (non-hydrogen) atoms. The molecule has 0 N–H and O–H groups in total. The Balaban J connectivity index is 1.79. The third kappa shape index (κ3) is 4.08. The molecule has 0 unspecified atom stereocenters. The van der Waals surface area contributed by atoms with Gasteiger partial charge in [0.2, 0.25) is 0 Å². The Bertz CT molecular complexity index is 698. The summed E-state index contributed by atoms with van der Waals surface area (Å²) in [7, 11) is 0. The van der Waals surface area contributed by atoms with Gasteiger partial charge in [0.1, 0.15) is 6.17 Å². The molecule has 0 spiro atoms. The summed E-state index contributed by atoms with van der Waals surface area (Å²) in [6.45, 7) is 2.03. The lowest BCUT2D eigenvalue weighted by atomic mass is 9.83. The van der Waals surface area contributed by atoms with Crippen LogP contribution in [0.5, 0.6) is 0 Å². The summed E-state index contributed by atoms with van der Waals surface area (Å²) in [4.78, 5) is 0. The van der Waals surface area contributed by atoms with Crippen molar-refractivity contribution in [1.29, 1.82) is 0 Å². The second kappa shape index (κ2) is 8.07. The Morgan fingerprint density at radius 1 is 0.880 bits per heavy atom. The molecule has 0 amide bonds. The zero-order valence-corrected chi connectivity index (χ0v) is 14.7. The van der Waals surface area contributed by atoms with Gasteiger partial charge in [-0.2, -0.15) is 0 Å². The maximum absolute atomic E-state index is 14.5. The second-order valence-electron chi connectivity index (χ2n) is 7.07. The van der Waals surface area contributed by atoms with Crippen LogP contribution in [0.2, 0.25) is 0 Å². The lowest BCUT2D eigenvalue weighted by molar-refractivity contribution is 0.235. The molecule has 134 valence electrons. The predicted octanol–water partition coefficient (Wildman–Crippen LogP) is 6.97. The summed E-state index contributed by atoms with van der Waals surface area (Å²) in [6, 6.07) is 11.0. The van der Waals surface area contributed by atoms with E-state index < -0.39 is 17.8 Å². The van der Waals surface area contributed by atoms with Gasteiger partial charge in [0.05, 0.1) is 0 Å². The van der Waals surface area contributed by atoms with Crippen LogP contribution in [0.4, 0.5) is 13.2 Å². The molecule has 0 aromatic heterocycles. The molecule has 1 aliphatic rings. The van der Waals surface area contributed by atoms with Crippen molar-refractivity contribution in [3.05, 3.63) is 59.2 Å². The van der Waals surface area contributed by atoms with Gasteiger partial charge in [-0.05, 0) is 61.1 Å². The molecule has 0 radical (unpaired) electrons. The van der Waals surface area contributed by atoms with Crippen molar-refractivity contribution in [2.24, 2.45) is 0 Å². The maximum Gasteiger partial charge on any atom is 0.166 e. The normalized spacial score (nSPS) is 20.6. The van der Waals surface area contributed by atoms with Gasteiger partial charge < -0.3 is 0 Å². The molecule has 0 nitrogen and oxygen atoms in total. The molecule has 0 saturated heterocycles. The van der Waals surface area contributed by atoms with Crippen molar-refractivity contribution in [2.45, 2.75) is 64.0 Å². The van der Waals surface area contributed by atoms with E-state index in [1.165, 1.54) is 0 Å². The van der Waals surface area contributed by atoms with E-state index in [0.29, 0.717) is 41.9 Å². The maximum atomic E-state index is 14.5. The van der Waals surface area contributed by atoms with E-state index in [1.807, 2.05) is 31.2 Å². The summed E-state index contributed by atoms with van der Waals surface area (Å²) >= 11 is 0. The van der Waals surface area contributed by atoms with Crippen LogP contribution >= 0.6 is 0 Å². The molecule has 0 atom stereocenters. The number of rotatable bonds is 5. The fraction of sp³-hybridized carbons (Fsp3) is 0.455. The number of benzene rings is 2. The number of alkyl halides is 1. The molecule has 1 aliphatic carbocycles. The first-order chi connectivity index (χ1) is 12.1. The minimum absolute atomic E-state index is 0.303. The quantitative estimate of drug-likeness (QED) is 0.548. The minimum atomic E-state index is -0.765. The average Bonchev–Trinajstić information content (AvgIpc) is 2.64. The van der Waals surface area contributed by atoms with E-state index in [0.717, 1.165) is 31.2 Å². The first kappa shape index (κ1) is 18.0. The van der Waals surface area contributed by atoms with Crippen molar-refractivity contribution >= 4 is 0 Å². The van der Waals surface area contributed by atoms with Gasteiger partial charge in [0, 0.05) is 5.56 Å². The van der Waals surface area contributed by atoms with Gasteiger partial charge >= 0.3 is 0 Å². The van der Waals surface area contributed by atoms with Gasteiger partial charge in [-0.25, -0.2) is 13.2 Å². The Hall–Kier alpha value is -1.77. The van der Waals surface area contributed by atoms with Crippen molar-refractivity contribution < 1.29 is 13.2 Å². The van der Waals surface area contributed by atoms with Crippen LogP contribution in [0.1, 0.15) is 62.5 Å². The molecule has 2 aromatic carbocycles. The molecular formula is C22H25F3. The van der Waals surface area contributed by atoms with E-state index in [9.17, 15) is 13.2 Å². The Morgan fingerprint density at radius 3 is 2.20 bits per heavy atom. The summed E-state index contributed by atoms with van der Waals surface area (Å²) < 4.78 is 42.0. The fourth-order valence-corrected chi connectivity index (χ4v) is 3.69. The van der Waals surface area contributed by atoms with Gasteiger partial charge in [-0.3, -0.25) is 0 Å². The number of hydrogen-bond acceptors (Lipinski definition) is 0. The third-order valence-electron chi connectivity index (χ3n) is 5.31.